The van der Waals surface area contributed by atoms with Crippen LogP contribution in [0.15, 0.2) is 22.7 Å². The van der Waals surface area contributed by atoms with Gasteiger partial charge in [-0.15, -0.1) is 0 Å². The minimum atomic E-state index is -1.10. The molecule has 2 N–H and O–H groups in total. The van der Waals surface area contributed by atoms with Crippen molar-refractivity contribution in [2.45, 2.75) is 0 Å². The SMILES string of the molecule is COc1ccc(Br)cc1C(=O)NCC(=O)O. The number of hydrogen-bond donors (Lipinski definition) is 2. The lowest BCUT2D eigenvalue weighted by atomic mass is 10.2. The van der Waals surface area contributed by atoms with Gasteiger partial charge in [-0.2, -0.15) is 0 Å². The Kier molecular flexibility index (Phi) is 4.30. The first-order valence-corrected chi connectivity index (χ1v) is 5.17. The number of amides is 1. The number of nitrogens with one attached hydrogen (secondary N) is 1. The lowest BCUT2D eigenvalue weighted by molar-refractivity contribution is -0.135. The second-order valence-electron chi connectivity index (χ2n) is 2.92. The van der Waals surface area contributed by atoms with Gasteiger partial charge >= 0.3 is 5.97 Å². The van der Waals surface area contributed by atoms with Crippen LogP contribution in [-0.4, -0.2) is 30.6 Å². The van der Waals surface area contributed by atoms with Gasteiger partial charge in [0.15, 0.2) is 0 Å². The predicted octanol–water partition coefficient (Wildman–Crippen LogP) is 1.27. The van der Waals surface area contributed by atoms with Crippen LogP contribution in [0, 0.1) is 0 Å². The number of halogens is 1. The molecule has 0 aliphatic heterocycles. The van der Waals surface area contributed by atoms with Crippen LogP contribution in [0.4, 0.5) is 0 Å². The lowest BCUT2D eigenvalue weighted by Crippen LogP contribution is -2.29. The van der Waals surface area contributed by atoms with Crippen molar-refractivity contribution in [3.63, 3.8) is 0 Å². The van der Waals surface area contributed by atoms with Crippen LogP contribution >= 0.6 is 15.9 Å². The number of carboxylic acid groups (broad SMARTS) is 1. The van der Waals surface area contributed by atoms with Crippen LogP contribution in [0.1, 0.15) is 10.4 Å². The number of aliphatic carboxylic acids is 1. The van der Waals surface area contributed by atoms with Crippen LogP contribution < -0.4 is 10.1 Å². The van der Waals surface area contributed by atoms with Crippen molar-refractivity contribution in [3.05, 3.63) is 28.2 Å². The molecule has 6 heteroatoms. The number of benzene rings is 1. The Labute approximate surface area is 101 Å². The molecule has 1 amide bonds. The predicted molar refractivity (Wildman–Crippen MR) is 60.7 cm³/mol. The van der Waals surface area contributed by atoms with E-state index >= 15 is 0 Å². The van der Waals surface area contributed by atoms with Crippen LogP contribution in [0.3, 0.4) is 0 Å². The van der Waals surface area contributed by atoms with Crippen molar-refractivity contribution in [2.24, 2.45) is 0 Å². The van der Waals surface area contributed by atoms with Gasteiger partial charge in [-0.1, -0.05) is 15.9 Å². The van der Waals surface area contributed by atoms with Crippen molar-refractivity contribution in [1.29, 1.82) is 0 Å². The number of carbonyl (C=O) groups excluding carboxylic acids is 1. The van der Waals surface area contributed by atoms with E-state index in [0.717, 1.165) is 0 Å². The summed E-state index contributed by atoms with van der Waals surface area (Å²) in [6.07, 6.45) is 0. The Morgan fingerprint density at radius 1 is 1.50 bits per heavy atom. The Balaban J connectivity index is 2.88. The summed E-state index contributed by atoms with van der Waals surface area (Å²) >= 11 is 3.22. The number of ether oxygens (including phenoxy) is 1. The van der Waals surface area contributed by atoms with E-state index in [4.69, 9.17) is 9.84 Å². The molecule has 0 bridgehead atoms. The molecule has 0 atom stereocenters. The van der Waals surface area contributed by atoms with Crippen molar-refractivity contribution in [1.82, 2.24) is 5.32 Å². The van der Waals surface area contributed by atoms with E-state index in [1.54, 1.807) is 18.2 Å². The average Bonchev–Trinajstić information content (AvgIpc) is 2.25. The van der Waals surface area contributed by atoms with E-state index in [1.165, 1.54) is 7.11 Å². The number of methoxy groups -OCH3 is 1. The molecule has 86 valence electrons. The van der Waals surface area contributed by atoms with E-state index in [9.17, 15) is 9.59 Å². The summed E-state index contributed by atoms with van der Waals surface area (Å²) in [5.41, 5.74) is 0.290. The van der Waals surface area contributed by atoms with Gasteiger partial charge in [0.05, 0.1) is 12.7 Å². The Hall–Kier alpha value is -1.56. The fourth-order valence-corrected chi connectivity index (χ4v) is 1.47. The minimum absolute atomic E-state index is 0.290. The zero-order valence-electron chi connectivity index (χ0n) is 8.49. The third-order valence-corrected chi connectivity index (χ3v) is 2.30. The van der Waals surface area contributed by atoms with E-state index in [1.807, 2.05) is 0 Å². The second kappa shape index (κ2) is 5.50. The van der Waals surface area contributed by atoms with Crippen molar-refractivity contribution < 1.29 is 19.4 Å². The summed E-state index contributed by atoms with van der Waals surface area (Å²) in [6.45, 7) is -0.422. The zero-order chi connectivity index (χ0) is 12.1. The van der Waals surface area contributed by atoms with E-state index < -0.39 is 18.4 Å². The smallest absolute Gasteiger partial charge is 0.322 e. The Morgan fingerprint density at radius 3 is 2.75 bits per heavy atom. The molecule has 0 spiro atoms. The maximum absolute atomic E-state index is 11.6. The molecule has 1 aromatic rings. The average molecular weight is 288 g/mol. The first-order chi connectivity index (χ1) is 7.54. The molecule has 0 saturated carbocycles. The van der Waals surface area contributed by atoms with Crippen LogP contribution in [0.25, 0.3) is 0 Å². The summed E-state index contributed by atoms with van der Waals surface area (Å²) in [5.74, 6) is -1.19. The van der Waals surface area contributed by atoms with Gasteiger partial charge < -0.3 is 15.2 Å². The second-order valence-corrected chi connectivity index (χ2v) is 3.84. The molecule has 0 aliphatic rings. The van der Waals surface area contributed by atoms with Crippen LogP contribution in [0.5, 0.6) is 5.75 Å². The topological polar surface area (TPSA) is 75.6 Å². The number of hydrogen-bond acceptors (Lipinski definition) is 3. The molecule has 0 radical (unpaired) electrons. The Bertz CT molecular complexity index is 419. The first-order valence-electron chi connectivity index (χ1n) is 4.38. The van der Waals surface area contributed by atoms with Gasteiger partial charge in [0.25, 0.3) is 5.91 Å². The molecule has 5 nitrogen and oxygen atoms in total. The van der Waals surface area contributed by atoms with Gasteiger partial charge in [-0.3, -0.25) is 9.59 Å². The maximum atomic E-state index is 11.6. The highest BCUT2D eigenvalue weighted by Gasteiger charge is 2.13. The first kappa shape index (κ1) is 12.5. The maximum Gasteiger partial charge on any atom is 0.322 e. The molecule has 0 aliphatic carbocycles. The summed E-state index contributed by atoms with van der Waals surface area (Å²) in [4.78, 5) is 21.9. The number of carbonyl (C=O) groups is 2. The third-order valence-electron chi connectivity index (χ3n) is 1.81. The monoisotopic (exact) mass is 287 g/mol. The van der Waals surface area contributed by atoms with Gasteiger partial charge in [0, 0.05) is 4.47 Å². The molecule has 0 unspecified atom stereocenters. The van der Waals surface area contributed by atoms with E-state index in [-0.39, 0.29) is 5.56 Å². The quantitative estimate of drug-likeness (QED) is 0.875. The standard InChI is InChI=1S/C10H10BrNO4/c1-16-8-3-2-6(11)4-7(8)10(15)12-5-9(13)14/h2-4H,5H2,1H3,(H,12,15)(H,13,14). The van der Waals surface area contributed by atoms with Crippen molar-refractivity contribution in [3.8, 4) is 5.75 Å². The highest BCUT2D eigenvalue weighted by Crippen LogP contribution is 2.22. The molecule has 0 aromatic heterocycles. The lowest BCUT2D eigenvalue weighted by Gasteiger charge is -2.08. The fraction of sp³-hybridized carbons (Fsp3) is 0.200. The summed E-state index contributed by atoms with van der Waals surface area (Å²) in [7, 11) is 1.44. The van der Waals surface area contributed by atoms with E-state index in [2.05, 4.69) is 21.2 Å². The molecule has 1 rings (SSSR count). The molecule has 0 saturated heterocycles. The summed E-state index contributed by atoms with van der Waals surface area (Å²) in [5, 5.41) is 10.7. The van der Waals surface area contributed by atoms with Crippen LogP contribution in [0.2, 0.25) is 0 Å². The highest BCUT2D eigenvalue weighted by atomic mass is 79.9. The highest BCUT2D eigenvalue weighted by molar-refractivity contribution is 9.10. The van der Waals surface area contributed by atoms with Gasteiger partial charge in [-0.25, -0.2) is 0 Å². The third kappa shape index (κ3) is 3.23. The zero-order valence-corrected chi connectivity index (χ0v) is 10.1. The van der Waals surface area contributed by atoms with Gasteiger partial charge in [0.1, 0.15) is 12.3 Å². The van der Waals surface area contributed by atoms with Crippen LogP contribution in [-0.2, 0) is 4.79 Å². The van der Waals surface area contributed by atoms with Crippen molar-refractivity contribution >= 4 is 27.8 Å². The van der Waals surface area contributed by atoms with E-state index in [0.29, 0.717) is 10.2 Å². The molecule has 16 heavy (non-hydrogen) atoms. The molecule has 0 fully saturated rings. The van der Waals surface area contributed by atoms with Gasteiger partial charge in [-0.05, 0) is 18.2 Å². The normalized spacial score (nSPS) is 9.62. The number of carboxylic acids is 1. The van der Waals surface area contributed by atoms with Crippen molar-refractivity contribution in [2.75, 3.05) is 13.7 Å². The summed E-state index contributed by atoms with van der Waals surface area (Å²) in [6, 6.07) is 4.92. The molecular weight excluding hydrogens is 278 g/mol. The number of rotatable bonds is 4. The Morgan fingerprint density at radius 2 is 2.19 bits per heavy atom. The minimum Gasteiger partial charge on any atom is -0.496 e. The molecule has 1 aromatic carbocycles. The largest absolute Gasteiger partial charge is 0.496 e. The molecular formula is C10H10BrNO4. The molecule has 0 heterocycles. The van der Waals surface area contributed by atoms with Gasteiger partial charge in [0.2, 0.25) is 0 Å². The fourth-order valence-electron chi connectivity index (χ4n) is 1.11. The summed E-state index contributed by atoms with van der Waals surface area (Å²) < 4.78 is 5.72.